The number of unbranched alkanes of at least 4 members (excludes halogenated alkanes) is 8. The summed E-state index contributed by atoms with van der Waals surface area (Å²) in [6, 6.07) is 18.3. The van der Waals surface area contributed by atoms with Crippen molar-refractivity contribution in [1.82, 2.24) is 10.3 Å². The molecule has 0 aliphatic rings. The van der Waals surface area contributed by atoms with Crippen LogP contribution in [0.4, 0.5) is 0 Å². The number of nitrogens with zero attached hydrogens (tertiary/aromatic N) is 1. The third kappa shape index (κ3) is 6.91. The molecule has 170 valence electrons. The zero-order valence-corrected chi connectivity index (χ0v) is 19.8. The molecule has 0 fully saturated rings. The third-order valence-corrected chi connectivity index (χ3v) is 6.18. The van der Waals surface area contributed by atoms with Gasteiger partial charge >= 0.3 is 0 Å². The number of amides is 1. The molecule has 32 heavy (non-hydrogen) atoms. The minimum Gasteiger partial charge on any atom is -0.352 e. The van der Waals surface area contributed by atoms with Gasteiger partial charge in [-0.1, -0.05) is 108 Å². The number of carbonyl (C=O) groups is 1. The van der Waals surface area contributed by atoms with Crippen LogP contribution < -0.4 is 5.32 Å². The summed E-state index contributed by atoms with van der Waals surface area (Å²) >= 11 is 0. The summed E-state index contributed by atoms with van der Waals surface area (Å²) in [5.41, 5.74) is 4.76. The maximum atomic E-state index is 13.0. The third-order valence-electron chi connectivity index (χ3n) is 6.18. The van der Waals surface area contributed by atoms with Crippen molar-refractivity contribution in [3.05, 3.63) is 65.7 Å². The van der Waals surface area contributed by atoms with Crippen molar-refractivity contribution in [2.45, 2.75) is 78.1 Å². The van der Waals surface area contributed by atoms with E-state index in [4.69, 9.17) is 4.98 Å². The van der Waals surface area contributed by atoms with Crippen LogP contribution in [-0.4, -0.2) is 17.4 Å². The fraction of sp³-hybridized carbons (Fsp3) is 0.448. The van der Waals surface area contributed by atoms with E-state index in [0.29, 0.717) is 5.56 Å². The van der Waals surface area contributed by atoms with Crippen molar-refractivity contribution in [2.24, 2.45) is 0 Å². The normalized spacial score (nSPS) is 11.1. The Kier molecular flexibility index (Phi) is 9.74. The van der Waals surface area contributed by atoms with E-state index in [-0.39, 0.29) is 5.91 Å². The number of benzene rings is 2. The van der Waals surface area contributed by atoms with Crippen molar-refractivity contribution >= 4 is 16.8 Å². The monoisotopic (exact) mass is 430 g/mol. The van der Waals surface area contributed by atoms with Crippen LogP contribution in [0.15, 0.2) is 54.6 Å². The van der Waals surface area contributed by atoms with Gasteiger partial charge in [0.25, 0.3) is 5.91 Å². The van der Waals surface area contributed by atoms with E-state index in [0.717, 1.165) is 41.5 Å². The van der Waals surface area contributed by atoms with E-state index in [2.05, 4.69) is 43.4 Å². The van der Waals surface area contributed by atoms with Gasteiger partial charge in [0, 0.05) is 17.5 Å². The number of nitrogens with one attached hydrogen (secondary N) is 1. The summed E-state index contributed by atoms with van der Waals surface area (Å²) in [6.45, 7) is 5.14. The average molecular weight is 431 g/mol. The highest BCUT2D eigenvalue weighted by Gasteiger charge is 2.13. The van der Waals surface area contributed by atoms with E-state index in [1.165, 1.54) is 56.9 Å². The van der Waals surface area contributed by atoms with Crippen LogP contribution in [0.3, 0.4) is 0 Å². The lowest BCUT2D eigenvalue weighted by Crippen LogP contribution is -2.24. The predicted octanol–water partition coefficient (Wildman–Crippen LogP) is 7.72. The lowest BCUT2D eigenvalue weighted by atomic mass is 10.0. The number of fused-ring (bicyclic) bond motifs is 1. The summed E-state index contributed by atoms with van der Waals surface area (Å²) in [7, 11) is 0. The van der Waals surface area contributed by atoms with E-state index in [1.807, 2.05) is 30.3 Å². The standard InChI is InChI=1S/C29H38N2O/c1-3-5-6-7-8-9-10-11-14-21-30-29(32)26-22-28(24-19-17-23(4-2)18-20-24)31-27-16-13-12-15-25(26)27/h12-13,15-20,22H,3-11,14,21H2,1-2H3,(H,30,32). The van der Waals surface area contributed by atoms with Crippen LogP contribution >= 0.6 is 0 Å². The van der Waals surface area contributed by atoms with Gasteiger partial charge in [0.15, 0.2) is 0 Å². The molecule has 2 aromatic carbocycles. The van der Waals surface area contributed by atoms with Gasteiger partial charge in [0.1, 0.15) is 0 Å². The molecular formula is C29H38N2O. The second kappa shape index (κ2) is 13.0. The van der Waals surface area contributed by atoms with E-state index >= 15 is 0 Å². The highest BCUT2D eigenvalue weighted by atomic mass is 16.1. The summed E-state index contributed by atoms with van der Waals surface area (Å²) in [5.74, 6) is -0.00501. The molecule has 0 atom stereocenters. The highest BCUT2D eigenvalue weighted by Crippen LogP contribution is 2.25. The Hall–Kier alpha value is -2.68. The predicted molar refractivity (Wildman–Crippen MR) is 136 cm³/mol. The molecule has 1 aromatic heterocycles. The molecule has 3 rings (SSSR count). The van der Waals surface area contributed by atoms with Crippen LogP contribution in [0.25, 0.3) is 22.2 Å². The molecule has 0 saturated carbocycles. The number of hydrogen-bond acceptors (Lipinski definition) is 2. The summed E-state index contributed by atoms with van der Waals surface area (Å²) in [5, 5.41) is 4.05. The molecule has 0 spiro atoms. The van der Waals surface area contributed by atoms with Crippen molar-refractivity contribution in [3.63, 3.8) is 0 Å². The van der Waals surface area contributed by atoms with E-state index in [1.54, 1.807) is 0 Å². The van der Waals surface area contributed by atoms with Gasteiger partial charge in [0.05, 0.1) is 16.8 Å². The molecule has 0 aliphatic heterocycles. The van der Waals surface area contributed by atoms with Gasteiger partial charge in [-0.2, -0.15) is 0 Å². The van der Waals surface area contributed by atoms with Gasteiger partial charge in [-0.25, -0.2) is 4.98 Å². The molecule has 3 heteroatoms. The minimum absolute atomic E-state index is 0.00501. The molecule has 1 amide bonds. The summed E-state index contributed by atoms with van der Waals surface area (Å²) in [6.07, 6.45) is 12.6. The van der Waals surface area contributed by atoms with Gasteiger partial charge in [-0.3, -0.25) is 4.79 Å². The van der Waals surface area contributed by atoms with Crippen LogP contribution in [-0.2, 0) is 6.42 Å². The van der Waals surface area contributed by atoms with Crippen molar-refractivity contribution in [1.29, 1.82) is 0 Å². The Bertz CT molecular complexity index is 978. The van der Waals surface area contributed by atoms with E-state index < -0.39 is 0 Å². The van der Waals surface area contributed by atoms with Gasteiger partial charge in [0.2, 0.25) is 0 Å². The first-order chi connectivity index (χ1) is 15.7. The first-order valence-electron chi connectivity index (χ1n) is 12.5. The lowest BCUT2D eigenvalue weighted by molar-refractivity contribution is 0.0954. The molecule has 1 N–H and O–H groups in total. The molecule has 0 aliphatic carbocycles. The molecule has 0 bridgehead atoms. The van der Waals surface area contributed by atoms with E-state index in [9.17, 15) is 4.79 Å². The zero-order chi connectivity index (χ0) is 22.6. The quantitative estimate of drug-likeness (QED) is 0.282. The Balaban J connectivity index is 1.58. The number of rotatable bonds is 13. The fourth-order valence-corrected chi connectivity index (χ4v) is 4.16. The first kappa shape index (κ1) is 24.0. The Morgan fingerprint density at radius 1 is 0.812 bits per heavy atom. The molecule has 0 radical (unpaired) electrons. The van der Waals surface area contributed by atoms with Crippen molar-refractivity contribution in [3.8, 4) is 11.3 Å². The molecule has 0 unspecified atom stereocenters. The van der Waals surface area contributed by atoms with Gasteiger partial charge in [-0.05, 0) is 30.5 Å². The topological polar surface area (TPSA) is 42.0 Å². The van der Waals surface area contributed by atoms with Crippen LogP contribution in [0.2, 0.25) is 0 Å². The van der Waals surface area contributed by atoms with Crippen molar-refractivity contribution in [2.75, 3.05) is 6.54 Å². The second-order valence-corrected chi connectivity index (χ2v) is 8.71. The zero-order valence-electron chi connectivity index (χ0n) is 19.8. The SMILES string of the molecule is CCCCCCCCCCCNC(=O)c1cc(-c2ccc(CC)cc2)nc2ccccc12. The maximum Gasteiger partial charge on any atom is 0.252 e. The fourth-order valence-electron chi connectivity index (χ4n) is 4.16. The number of carbonyl (C=O) groups excluding carboxylic acids is 1. The number of aryl methyl sites for hydroxylation is 1. The van der Waals surface area contributed by atoms with Crippen LogP contribution in [0.1, 0.15) is 87.6 Å². The van der Waals surface area contributed by atoms with Crippen molar-refractivity contribution < 1.29 is 4.79 Å². The summed E-state index contributed by atoms with van der Waals surface area (Å²) < 4.78 is 0. The molecule has 3 aromatic rings. The maximum absolute atomic E-state index is 13.0. The molecule has 1 heterocycles. The number of hydrogen-bond donors (Lipinski definition) is 1. The first-order valence-corrected chi connectivity index (χ1v) is 12.5. The number of aromatic nitrogens is 1. The van der Waals surface area contributed by atoms with Crippen LogP contribution in [0, 0.1) is 0 Å². The Labute approximate surface area is 193 Å². The Morgan fingerprint density at radius 2 is 1.47 bits per heavy atom. The van der Waals surface area contributed by atoms with Crippen LogP contribution in [0.5, 0.6) is 0 Å². The highest BCUT2D eigenvalue weighted by molar-refractivity contribution is 6.07. The summed E-state index contributed by atoms with van der Waals surface area (Å²) in [4.78, 5) is 17.9. The average Bonchev–Trinajstić information content (AvgIpc) is 2.84. The van der Waals surface area contributed by atoms with Gasteiger partial charge in [-0.15, -0.1) is 0 Å². The largest absolute Gasteiger partial charge is 0.352 e. The second-order valence-electron chi connectivity index (χ2n) is 8.71. The lowest BCUT2D eigenvalue weighted by Gasteiger charge is -2.11. The molecule has 0 saturated heterocycles. The molecular weight excluding hydrogens is 392 g/mol. The number of pyridine rings is 1. The van der Waals surface area contributed by atoms with Gasteiger partial charge < -0.3 is 5.32 Å². The smallest absolute Gasteiger partial charge is 0.252 e. The number of para-hydroxylation sites is 1. The Morgan fingerprint density at radius 3 is 2.16 bits per heavy atom. The molecule has 3 nitrogen and oxygen atoms in total. The minimum atomic E-state index is -0.00501.